The van der Waals surface area contributed by atoms with Crippen LogP contribution in [0.5, 0.6) is 0 Å². The van der Waals surface area contributed by atoms with Gasteiger partial charge in [0.05, 0.1) is 11.1 Å². The number of hydrogen-bond acceptors (Lipinski definition) is 6. The van der Waals surface area contributed by atoms with E-state index in [2.05, 4.69) is 37.9 Å². The van der Waals surface area contributed by atoms with Crippen molar-refractivity contribution in [1.29, 1.82) is 0 Å². The Hall–Kier alpha value is -2.45. The number of fused-ring (bicyclic) bond motifs is 2. The standard InChI is InChI=1S/C19H16BrN5OS/c1-3-9-27-19-23-18(26)16-13-10-12(20)7-8-14(13)22-17(25(16)24-19)15-6-4-5-11(2)21-15/h3-8,10,17H,1,9H2,2H3,(H,23,24,26). The van der Waals surface area contributed by atoms with Gasteiger partial charge in [-0.15, -0.1) is 11.7 Å². The number of aryl methyl sites for hydroxylation is 1. The molecule has 6 nitrogen and oxygen atoms in total. The fourth-order valence-electron chi connectivity index (χ4n) is 2.96. The SMILES string of the molecule is C=CCSC1=NN2C(=c3cc(Br)ccc3=NC2c2cccc(C)n2)C(=O)N1. The van der Waals surface area contributed by atoms with E-state index in [0.717, 1.165) is 26.4 Å². The van der Waals surface area contributed by atoms with Gasteiger partial charge in [0, 0.05) is 21.1 Å². The average Bonchev–Trinajstić information content (AvgIpc) is 2.65. The molecule has 1 aromatic carbocycles. The van der Waals surface area contributed by atoms with Crippen LogP contribution in [0.1, 0.15) is 17.6 Å². The van der Waals surface area contributed by atoms with E-state index in [9.17, 15) is 4.79 Å². The molecule has 1 amide bonds. The smallest absolute Gasteiger partial charge is 0.276 e. The summed E-state index contributed by atoms with van der Waals surface area (Å²) in [5, 5.41) is 11.2. The van der Waals surface area contributed by atoms with Crippen molar-refractivity contribution in [3.05, 3.63) is 75.5 Å². The van der Waals surface area contributed by atoms with Gasteiger partial charge in [0.25, 0.3) is 5.91 Å². The zero-order valence-electron chi connectivity index (χ0n) is 14.5. The van der Waals surface area contributed by atoms with Gasteiger partial charge in [0.2, 0.25) is 0 Å². The van der Waals surface area contributed by atoms with E-state index < -0.39 is 6.17 Å². The van der Waals surface area contributed by atoms with Crippen LogP contribution in [0.2, 0.25) is 0 Å². The molecule has 1 atom stereocenters. The summed E-state index contributed by atoms with van der Waals surface area (Å²) in [6.45, 7) is 5.65. The first kappa shape index (κ1) is 17.9. The quantitative estimate of drug-likeness (QED) is 0.741. The Balaban J connectivity index is 1.94. The third kappa shape index (κ3) is 3.42. The summed E-state index contributed by atoms with van der Waals surface area (Å²) < 4.78 is 0.875. The second-order valence-electron chi connectivity index (χ2n) is 6.02. The summed E-state index contributed by atoms with van der Waals surface area (Å²) >= 11 is 4.89. The van der Waals surface area contributed by atoms with Gasteiger partial charge in [-0.05, 0) is 37.3 Å². The molecule has 2 aromatic rings. The summed E-state index contributed by atoms with van der Waals surface area (Å²) in [7, 11) is 0. The summed E-state index contributed by atoms with van der Waals surface area (Å²) in [5.41, 5.74) is 2.10. The minimum absolute atomic E-state index is 0.205. The number of amidine groups is 1. The highest BCUT2D eigenvalue weighted by molar-refractivity contribution is 9.10. The molecule has 1 unspecified atom stereocenters. The van der Waals surface area contributed by atoms with E-state index in [1.165, 1.54) is 11.8 Å². The minimum atomic E-state index is -0.501. The normalized spacial score (nSPS) is 18.1. The lowest BCUT2D eigenvalue weighted by molar-refractivity contribution is -0.116. The van der Waals surface area contributed by atoms with Crippen LogP contribution < -0.4 is 15.9 Å². The van der Waals surface area contributed by atoms with Crippen LogP contribution in [0, 0.1) is 6.92 Å². The number of benzene rings is 1. The molecule has 27 heavy (non-hydrogen) atoms. The van der Waals surface area contributed by atoms with Crippen molar-refractivity contribution in [3.63, 3.8) is 0 Å². The first-order valence-corrected chi connectivity index (χ1v) is 10.1. The molecule has 0 aliphatic carbocycles. The van der Waals surface area contributed by atoms with Crippen LogP contribution in [0.25, 0.3) is 5.70 Å². The number of aromatic nitrogens is 1. The van der Waals surface area contributed by atoms with Gasteiger partial charge in [-0.3, -0.25) is 20.1 Å². The van der Waals surface area contributed by atoms with Crippen LogP contribution in [-0.4, -0.2) is 26.8 Å². The number of nitrogens with one attached hydrogen (secondary N) is 1. The molecular formula is C19H16BrN5OS. The predicted molar refractivity (Wildman–Crippen MR) is 110 cm³/mol. The van der Waals surface area contributed by atoms with E-state index in [1.54, 1.807) is 11.1 Å². The van der Waals surface area contributed by atoms with E-state index in [4.69, 9.17) is 4.99 Å². The number of halogens is 1. The van der Waals surface area contributed by atoms with Crippen molar-refractivity contribution in [1.82, 2.24) is 15.3 Å². The maximum atomic E-state index is 12.9. The van der Waals surface area contributed by atoms with Crippen molar-refractivity contribution in [2.75, 3.05) is 5.75 Å². The van der Waals surface area contributed by atoms with E-state index in [-0.39, 0.29) is 5.91 Å². The molecule has 0 saturated heterocycles. The fraction of sp³-hybridized carbons (Fsp3) is 0.158. The fourth-order valence-corrected chi connectivity index (χ4v) is 3.90. The number of hydrogen-bond donors (Lipinski definition) is 1. The van der Waals surface area contributed by atoms with Crippen molar-refractivity contribution in [3.8, 4) is 0 Å². The van der Waals surface area contributed by atoms with Gasteiger partial charge in [-0.1, -0.05) is 39.8 Å². The highest BCUT2D eigenvalue weighted by atomic mass is 79.9. The summed E-state index contributed by atoms with van der Waals surface area (Å²) in [4.78, 5) is 22.4. The van der Waals surface area contributed by atoms with E-state index in [0.29, 0.717) is 16.6 Å². The number of hydrazone groups is 1. The molecule has 0 bridgehead atoms. The number of amides is 1. The van der Waals surface area contributed by atoms with Crippen LogP contribution in [0.4, 0.5) is 0 Å². The Bertz CT molecular complexity index is 1100. The third-order valence-electron chi connectivity index (χ3n) is 4.08. The van der Waals surface area contributed by atoms with Gasteiger partial charge in [0.1, 0.15) is 5.70 Å². The number of carbonyl (C=O) groups excluding carboxylic acids is 1. The summed E-state index contributed by atoms with van der Waals surface area (Å²) in [6.07, 6.45) is 1.27. The lowest BCUT2D eigenvalue weighted by Gasteiger charge is -2.33. The zero-order chi connectivity index (χ0) is 19.0. The number of pyridine rings is 1. The summed E-state index contributed by atoms with van der Waals surface area (Å²) in [5.74, 6) is 0.443. The first-order chi connectivity index (χ1) is 13.1. The van der Waals surface area contributed by atoms with Crippen molar-refractivity contribution in [2.24, 2.45) is 10.1 Å². The third-order valence-corrected chi connectivity index (χ3v) is 5.44. The Morgan fingerprint density at radius 3 is 3.00 bits per heavy atom. The zero-order valence-corrected chi connectivity index (χ0v) is 16.9. The molecule has 3 heterocycles. The molecule has 0 radical (unpaired) electrons. The highest BCUT2D eigenvalue weighted by Gasteiger charge is 2.35. The molecule has 0 fully saturated rings. The molecule has 1 aromatic heterocycles. The molecule has 8 heteroatoms. The largest absolute Gasteiger partial charge is 0.298 e. The van der Waals surface area contributed by atoms with Gasteiger partial charge in [0.15, 0.2) is 11.3 Å². The highest BCUT2D eigenvalue weighted by Crippen LogP contribution is 2.30. The first-order valence-electron chi connectivity index (χ1n) is 8.31. The van der Waals surface area contributed by atoms with Gasteiger partial charge >= 0.3 is 0 Å². The van der Waals surface area contributed by atoms with Crippen LogP contribution in [0.3, 0.4) is 0 Å². The number of nitrogens with zero attached hydrogens (tertiary/aromatic N) is 4. The lowest BCUT2D eigenvalue weighted by Crippen LogP contribution is -2.50. The topological polar surface area (TPSA) is 70.0 Å². The van der Waals surface area contributed by atoms with Gasteiger partial charge < -0.3 is 0 Å². The minimum Gasteiger partial charge on any atom is -0.298 e. The second kappa shape index (κ2) is 7.28. The van der Waals surface area contributed by atoms with Crippen LogP contribution in [0.15, 0.2) is 63.6 Å². The van der Waals surface area contributed by atoms with E-state index in [1.807, 2.05) is 43.3 Å². The average molecular weight is 442 g/mol. The maximum absolute atomic E-state index is 12.9. The maximum Gasteiger partial charge on any atom is 0.276 e. The monoisotopic (exact) mass is 441 g/mol. The van der Waals surface area contributed by atoms with Crippen molar-refractivity contribution in [2.45, 2.75) is 13.1 Å². The summed E-state index contributed by atoms with van der Waals surface area (Å²) in [6, 6.07) is 11.5. The molecular weight excluding hydrogens is 426 g/mol. The molecule has 0 saturated carbocycles. The molecule has 1 N–H and O–H groups in total. The number of carbonyl (C=O) groups is 1. The number of thioether (sulfide) groups is 1. The molecule has 2 aliphatic rings. The number of rotatable bonds is 3. The van der Waals surface area contributed by atoms with E-state index >= 15 is 0 Å². The van der Waals surface area contributed by atoms with Gasteiger partial charge in [-0.2, -0.15) is 0 Å². The van der Waals surface area contributed by atoms with Crippen molar-refractivity contribution >= 4 is 44.5 Å². The Morgan fingerprint density at radius 2 is 2.22 bits per heavy atom. The molecule has 136 valence electrons. The Kier molecular flexibility index (Phi) is 4.84. The molecule has 4 rings (SSSR count). The van der Waals surface area contributed by atoms with Crippen LogP contribution in [-0.2, 0) is 4.79 Å². The Labute approximate surface area is 168 Å². The predicted octanol–water partition coefficient (Wildman–Crippen LogP) is 2.21. The van der Waals surface area contributed by atoms with Gasteiger partial charge in [-0.25, -0.2) is 5.01 Å². The Morgan fingerprint density at radius 1 is 1.37 bits per heavy atom. The molecule has 0 spiro atoms. The molecule has 2 aliphatic heterocycles. The van der Waals surface area contributed by atoms with Crippen LogP contribution >= 0.6 is 27.7 Å². The van der Waals surface area contributed by atoms with Crippen molar-refractivity contribution < 1.29 is 4.79 Å². The second-order valence-corrected chi connectivity index (χ2v) is 7.94. The lowest BCUT2D eigenvalue weighted by atomic mass is 10.1.